The molecule has 0 radical (unpaired) electrons. The van der Waals surface area contributed by atoms with E-state index in [9.17, 15) is 51.1 Å². The maximum Gasteiger partial charge on any atom is 0.157 e. The van der Waals surface area contributed by atoms with E-state index in [1.807, 2.05) is 0 Å². The molecule has 10 N–H and O–H groups in total. The average Bonchev–Trinajstić information content (AvgIpc) is 2.93. The van der Waals surface area contributed by atoms with Crippen molar-refractivity contribution < 1.29 is 60.5 Å². The molecule has 0 bridgehead atoms. The van der Waals surface area contributed by atoms with Crippen molar-refractivity contribution >= 4 is 0 Å². The monoisotopic (exact) mass is 578 g/mol. The zero-order valence-electron chi connectivity index (χ0n) is 21.6. The van der Waals surface area contributed by atoms with Crippen LogP contribution >= 0.6 is 0 Å². The second kappa shape index (κ2) is 9.72. The number of aliphatic hydroxyl groups is 2. The van der Waals surface area contributed by atoms with E-state index in [1.54, 1.807) is 0 Å². The smallest absolute Gasteiger partial charge is 0.157 e. The number of ether oxygens (including phenoxy) is 2. The first-order valence-corrected chi connectivity index (χ1v) is 12.8. The van der Waals surface area contributed by atoms with Gasteiger partial charge in [-0.15, -0.1) is 0 Å². The Bertz CT molecular complexity index is 1720. The first-order valence-electron chi connectivity index (χ1n) is 12.8. The molecule has 2 heterocycles. The molecule has 0 unspecified atom stereocenters. The number of hydrogen-bond acceptors (Lipinski definition) is 12. The summed E-state index contributed by atoms with van der Waals surface area (Å²) in [4.78, 5) is 0. The van der Waals surface area contributed by atoms with Crippen molar-refractivity contribution in [2.75, 3.05) is 0 Å². The van der Waals surface area contributed by atoms with Crippen LogP contribution in [0.25, 0.3) is 0 Å². The van der Waals surface area contributed by atoms with Gasteiger partial charge in [0.25, 0.3) is 0 Å². The summed E-state index contributed by atoms with van der Waals surface area (Å²) in [6, 6.07) is 10.8. The van der Waals surface area contributed by atoms with E-state index in [0.29, 0.717) is 0 Å². The van der Waals surface area contributed by atoms with Crippen LogP contribution in [0.2, 0.25) is 0 Å². The lowest BCUT2D eigenvalue weighted by molar-refractivity contribution is 0.00115. The third-order valence-electron chi connectivity index (χ3n) is 7.67. The second-order valence-electron chi connectivity index (χ2n) is 10.3. The third kappa shape index (κ3) is 4.24. The second-order valence-corrected chi connectivity index (χ2v) is 10.3. The van der Waals surface area contributed by atoms with Crippen molar-refractivity contribution in [3.8, 4) is 57.5 Å². The van der Waals surface area contributed by atoms with Crippen molar-refractivity contribution in [2.45, 2.75) is 36.8 Å². The Kier molecular flexibility index (Phi) is 6.24. The third-order valence-corrected chi connectivity index (χ3v) is 7.67. The van der Waals surface area contributed by atoms with Crippen molar-refractivity contribution in [3.63, 3.8) is 0 Å². The molecule has 0 aromatic heterocycles. The van der Waals surface area contributed by atoms with Gasteiger partial charge < -0.3 is 60.5 Å². The highest BCUT2D eigenvalue weighted by atomic mass is 16.5. The van der Waals surface area contributed by atoms with Crippen molar-refractivity contribution in [1.82, 2.24) is 0 Å². The number of benzene rings is 4. The van der Waals surface area contributed by atoms with Gasteiger partial charge in [-0.1, -0.05) is 12.1 Å². The average molecular weight is 579 g/mol. The molecule has 2 aliphatic heterocycles. The lowest BCUT2D eigenvalue weighted by atomic mass is 9.77. The Labute approximate surface area is 237 Å². The van der Waals surface area contributed by atoms with Gasteiger partial charge in [0.1, 0.15) is 46.7 Å². The quantitative estimate of drug-likeness (QED) is 0.159. The van der Waals surface area contributed by atoms with Gasteiger partial charge in [-0.05, 0) is 35.4 Å². The number of rotatable bonds is 3. The summed E-state index contributed by atoms with van der Waals surface area (Å²) >= 11 is 0. The minimum Gasteiger partial charge on any atom is -0.508 e. The molecule has 0 saturated carbocycles. The van der Waals surface area contributed by atoms with E-state index >= 15 is 0 Å². The zero-order valence-corrected chi connectivity index (χ0v) is 21.6. The van der Waals surface area contributed by atoms with E-state index in [-0.39, 0.29) is 51.5 Å². The molecule has 12 heteroatoms. The van der Waals surface area contributed by atoms with Gasteiger partial charge in [-0.25, -0.2) is 0 Å². The van der Waals surface area contributed by atoms with Crippen molar-refractivity contribution in [1.29, 1.82) is 0 Å². The molecule has 5 atom stereocenters. The Morgan fingerprint density at radius 2 is 1.14 bits per heavy atom. The summed E-state index contributed by atoms with van der Waals surface area (Å²) in [7, 11) is 0. The molecule has 0 fully saturated rings. The summed E-state index contributed by atoms with van der Waals surface area (Å²) in [6.07, 6.45) is -5.43. The number of aromatic hydroxyl groups is 8. The highest BCUT2D eigenvalue weighted by molar-refractivity contribution is 5.65. The number of phenolic OH excluding ortho intramolecular Hbond substituents is 8. The van der Waals surface area contributed by atoms with Gasteiger partial charge in [0.2, 0.25) is 0 Å². The minimum atomic E-state index is -1.59. The van der Waals surface area contributed by atoms with Crippen LogP contribution in [-0.4, -0.2) is 63.3 Å². The molecule has 6 rings (SSSR count). The van der Waals surface area contributed by atoms with Crippen LogP contribution in [0, 0.1) is 0 Å². The Balaban J connectivity index is 1.55. The molecule has 0 aliphatic carbocycles. The van der Waals surface area contributed by atoms with Gasteiger partial charge >= 0.3 is 0 Å². The highest BCUT2D eigenvalue weighted by Crippen LogP contribution is 2.57. The van der Waals surface area contributed by atoms with Crippen LogP contribution in [-0.2, 0) is 6.42 Å². The number of fused-ring (bicyclic) bond motifs is 2. The Hall–Kier alpha value is -5.20. The molecule has 218 valence electrons. The topological polar surface area (TPSA) is 221 Å². The molecule has 0 saturated heterocycles. The fraction of sp³-hybridized carbons (Fsp3) is 0.200. The first-order chi connectivity index (χ1) is 19.9. The molecule has 4 aromatic rings. The maximum atomic E-state index is 11.8. The molecular formula is C30H26O12. The number of phenols is 8. The van der Waals surface area contributed by atoms with Gasteiger partial charge in [0, 0.05) is 41.3 Å². The van der Waals surface area contributed by atoms with Gasteiger partial charge in [-0.3, -0.25) is 0 Å². The molecule has 2 aliphatic rings. The first kappa shape index (κ1) is 27.0. The Morgan fingerprint density at radius 3 is 1.76 bits per heavy atom. The maximum absolute atomic E-state index is 11.8. The fourth-order valence-electron chi connectivity index (χ4n) is 5.71. The number of hydrogen-bond donors (Lipinski definition) is 10. The van der Waals surface area contributed by atoms with Crippen LogP contribution in [0.5, 0.6) is 57.5 Å². The van der Waals surface area contributed by atoms with Crippen molar-refractivity contribution in [3.05, 3.63) is 82.4 Å². The molecule has 12 nitrogen and oxygen atoms in total. The van der Waals surface area contributed by atoms with E-state index in [0.717, 1.165) is 12.1 Å². The van der Waals surface area contributed by atoms with Gasteiger partial charge in [0.05, 0.1) is 12.0 Å². The zero-order chi connectivity index (χ0) is 30.0. The van der Waals surface area contributed by atoms with Gasteiger partial charge in [0.15, 0.2) is 29.1 Å². The van der Waals surface area contributed by atoms with E-state index in [4.69, 9.17) is 9.47 Å². The number of aliphatic hydroxyl groups excluding tert-OH is 2. The molecular weight excluding hydrogens is 552 g/mol. The summed E-state index contributed by atoms with van der Waals surface area (Å²) in [5.41, 5.74) is 0.435. The molecule has 0 amide bonds. The van der Waals surface area contributed by atoms with E-state index < -0.39 is 70.6 Å². The molecule has 0 spiro atoms. The van der Waals surface area contributed by atoms with Crippen LogP contribution in [0.3, 0.4) is 0 Å². The summed E-state index contributed by atoms with van der Waals surface area (Å²) < 4.78 is 12.1. The molecule has 4 aromatic carbocycles. The van der Waals surface area contributed by atoms with Crippen LogP contribution in [0.15, 0.2) is 54.6 Å². The largest absolute Gasteiger partial charge is 0.508 e. The predicted molar refractivity (Wildman–Crippen MR) is 143 cm³/mol. The molecule has 42 heavy (non-hydrogen) atoms. The van der Waals surface area contributed by atoms with Crippen molar-refractivity contribution in [2.24, 2.45) is 0 Å². The predicted octanol–water partition coefficient (Wildman–Crippen LogP) is 3.00. The lowest BCUT2D eigenvalue weighted by Gasteiger charge is -2.40. The van der Waals surface area contributed by atoms with Crippen LogP contribution in [0.1, 0.15) is 45.9 Å². The highest BCUT2D eigenvalue weighted by Gasteiger charge is 2.46. The van der Waals surface area contributed by atoms with E-state index in [2.05, 4.69) is 0 Å². The van der Waals surface area contributed by atoms with Gasteiger partial charge in [-0.2, -0.15) is 0 Å². The Morgan fingerprint density at radius 1 is 0.548 bits per heavy atom. The standard InChI is InChI=1S/C30H26O12/c31-13-7-20(37)24-23(8-13)41-29(12-2-4-16(33)19(36)6-12)27(40)26(24)25-21(38)10-17(34)14-9-22(39)28(42-30(14)25)11-1-3-15(32)18(35)5-11/h1-8,10,22,26-29,31-40H,9H2/t22-,26+,27+,28-,29-/m0/s1. The SMILES string of the molecule is Oc1cc(O)c2c(c1)O[C@@H](c1ccc(O)c(O)c1)[C@H](O)[C@H]2c1c(O)cc(O)c2c1O[C@@H](c1ccc(O)c(O)c1)[C@@H](O)C2. The normalized spacial score (nSPS) is 22.9. The minimum absolute atomic E-state index is 0.0312. The lowest BCUT2D eigenvalue weighted by Crippen LogP contribution is -2.36. The van der Waals surface area contributed by atoms with Crippen LogP contribution in [0.4, 0.5) is 0 Å². The summed E-state index contributed by atoms with van der Waals surface area (Å²) in [5, 5.41) is 105. The van der Waals surface area contributed by atoms with E-state index in [1.165, 1.54) is 42.5 Å². The fourth-order valence-corrected chi connectivity index (χ4v) is 5.71. The van der Waals surface area contributed by atoms with Crippen LogP contribution < -0.4 is 9.47 Å². The summed E-state index contributed by atoms with van der Waals surface area (Å²) in [5.74, 6) is -5.08. The summed E-state index contributed by atoms with van der Waals surface area (Å²) in [6.45, 7) is 0.